The smallest absolute Gasteiger partial charge is 0.330 e. The van der Waals surface area contributed by atoms with Gasteiger partial charge in [0.15, 0.2) is 0 Å². The third kappa shape index (κ3) is 3.72. The molecule has 2 rings (SSSR count). The van der Waals surface area contributed by atoms with Crippen LogP contribution < -0.4 is 4.74 Å². The second-order valence-corrected chi connectivity index (χ2v) is 4.66. The molecule has 0 heterocycles. The van der Waals surface area contributed by atoms with Crippen LogP contribution in [0.4, 0.5) is 0 Å². The summed E-state index contributed by atoms with van der Waals surface area (Å²) in [6.07, 6.45) is 1.49. The van der Waals surface area contributed by atoms with Gasteiger partial charge in [0.05, 0.1) is 14.2 Å². The standard InChI is InChI=1S/C18H18O3/c1-13(10-18(19)21-3)14-6-4-7-15(11-14)16-8-5-9-17(12-16)20-2/h4-12H,1-3H3/b13-10+. The van der Waals surface area contributed by atoms with Crippen molar-refractivity contribution in [3.05, 3.63) is 60.2 Å². The van der Waals surface area contributed by atoms with Gasteiger partial charge in [0.1, 0.15) is 5.75 Å². The number of hydrogen-bond donors (Lipinski definition) is 0. The summed E-state index contributed by atoms with van der Waals surface area (Å²) in [7, 11) is 3.03. The maximum Gasteiger partial charge on any atom is 0.330 e. The second kappa shape index (κ2) is 6.75. The largest absolute Gasteiger partial charge is 0.497 e. The first-order valence-corrected chi connectivity index (χ1v) is 6.65. The molecule has 0 spiro atoms. The fourth-order valence-electron chi connectivity index (χ4n) is 2.07. The number of benzene rings is 2. The zero-order valence-corrected chi connectivity index (χ0v) is 12.4. The monoisotopic (exact) mass is 282 g/mol. The molecule has 21 heavy (non-hydrogen) atoms. The number of esters is 1. The molecule has 108 valence electrons. The van der Waals surface area contributed by atoms with Crippen molar-refractivity contribution in [3.63, 3.8) is 0 Å². The summed E-state index contributed by atoms with van der Waals surface area (Å²) in [6.45, 7) is 1.89. The Bertz CT molecular complexity index is 672. The SMILES string of the molecule is COC(=O)/C=C(\C)c1cccc(-c2cccc(OC)c2)c1. The van der Waals surface area contributed by atoms with E-state index in [2.05, 4.69) is 4.74 Å². The number of carbonyl (C=O) groups is 1. The van der Waals surface area contributed by atoms with Crippen LogP contribution in [0.15, 0.2) is 54.6 Å². The van der Waals surface area contributed by atoms with Gasteiger partial charge in [-0.15, -0.1) is 0 Å². The van der Waals surface area contributed by atoms with Crippen molar-refractivity contribution in [2.75, 3.05) is 14.2 Å². The molecule has 0 bridgehead atoms. The minimum absolute atomic E-state index is 0.348. The van der Waals surface area contributed by atoms with Crippen molar-refractivity contribution in [3.8, 4) is 16.9 Å². The minimum Gasteiger partial charge on any atom is -0.497 e. The van der Waals surface area contributed by atoms with Crippen LogP contribution in [0.3, 0.4) is 0 Å². The highest BCUT2D eigenvalue weighted by atomic mass is 16.5. The Balaban J connectivity index is 2.37. The van der Waals surface area contributed by atoms with E-state index in [1.165, 1.54) is 13.2 Å². The molecule has 0 fully saturated rings. The lowest BCUT2D eigenvalue weighted by Gasteiger charge is -2.07. The Morgan fingerprint density at radius 3 is 2.33 bits per heavy atom. The van der Waals surface area contributed by atoms with Crippen molar-refractivity contribution in [2.24, 2.45) is 0 Å². The fraction of sp³-hybridized carbons (Fsp3) is 0.167. The van der Waals surface area contributed by atoms with Gasteiger partial charge in [-0.3, -0.25) is 0 Å². The lowest BCUT2D eigenvalue weighted by atomic mass is 9.99. The molecule has 3 heteroatoms. The van der Waals surface area contributed by atoms with E-state index in [1.807, 2.05) is 55.5 Å². The Kier molecular flexibility index (Phi) is 4.77. The summed E-state index contributed by atoms with van der Waals surface area (Å²) in [4.78, 5) is 11.3. The van der Waals surface area contributed by atoms with Crippen LogP contribution in [-0.4, -0.2) is 20.2 Å². The van der Waals surface area contributed by atoms with Gasteiger partial charge in [-0.25, -0.2) is 4.79 Å². The van der Waals surface area contributed by atoms with Crippen LogP contribution >= 0.6 is 0 Å². The van der Waals surface area contributed by atoms with E-state index in [0.29, 0.717) is 0 Å². The average molecular weight is 282 g/mol. The number of carbonyl (C=O) groups excluding carboxylic acids is 1. The van der Waals surface area contributed by atoms with Crippen LogP contribution in [0, 0.1) is 0 Å². The molecule has 0 amide bonds. The summed E-state index contributed by atoms with van der Waals surface area (Å²) in [5.74, 6) is 0.471. The second-order valence-electron chi connectivity index (χ2n) is 4.66. The number of rotatable bonds is 4. The number of methoxy groups -OCH3 is 2. The van der Waals surface area contributed by atoms with Crippen LogP contribution in [0.5, 0.6) is 5.75 Å². The Hall–Kier alpha value is -2.55. The summed E-state index contributed by atoms with van der Waals surface area (Å²) in [5, 5.41) is 0. The normalized spacial score (nSPS) is 11.1. The highest BCUT2D eigenvalue weighted by molar-refractivity contribution is 5.91. The predicted octanol–water partition coefficient (Wildman–Crippen LogP) is 3.94. The Labute approximate surface area is 124 Å². The molecule has 0 aliphatic rings. The minimum atomic E-state index is -0.348. The highest BCUT2D eigenvalue weighted by Gasteiger charge is 2.04. The Morgan fingerprint density at radius 1 is 1.00 bits per heavy atom. The van der Waals surface area contributed by atoms with Crippen molar-refractivity contribution in [1.29, 1.82) is 0 Å². The van der Waals surface area contributed by atoms with Crippen LogP contribution in [0.1, 0.15) is 12.5 Å². The predicted molar refractivity (Wildman–Crippen MR) is 84.1 cm³/mol. The quantitative estimate of drug-likeness (QED) is 0.629. The molecule has 0 aliphatic carbocycles. The van der Waals surface area contributed by atoms with E-state index in [-0.39, 0.29) is 5.97 Å². The lowest BCUT2D eigenvalue weighted by Crippen LogP contribution is -1.95. The first kappa shape index (κ1) is 14.9. The van der Waals surface area contributed by atoms with Crippen molar-refractivity contribution in [2.45, 2.75) is 6.92 Å². The number of allylic oxidation sites excluding steroid dienone is 1. The van der Waals surface area contributed by atoms with Gasteiger partial charge in [-0.2, -0.15) is 0 Å². The topological polar surface area (TPSA) is 35.5 Å². The molecule has 3 nitrogen and oxygen atoms in total. The zero-order chi connectivity index (χ0) is 15.2. The third-order valence-electron chi connectivity index (χ3n) is 3.26. The molecular formula is C18H18O3. The first-order chi connectivity index (χ1) is 10.1. The van der Waals surface area contributed by atoms with Gasteiger partial charge in [0.2, 0.25) is 0 Å². The molecule has 0 atom stereocenters. The molecule has 0 unspecified atom stereocenters. The van der Waals surface area contributed by atoms with Crippen LogP contribution in [0.25, 0.3) is 16.7 Å². The molecule has 0 saturated heterocycles. The maximum absolute atomic E-state index is 11.3. The molecule has 2 aromatic rings. The fourth-order valence-corrected chi connectivity index (χ4v) is 2.07. The van der Waals surface area contributed by atoms with E-state index in [0.717, 1.165) is 28.0 Å². The number of hydrogen-bond acceptors (Lipinski definition) is 3. The summed E-state index contributed by atoms with van der Waals surface area (Å²) < 4.78 is 9.90. The van der Waals surface area contributed by atoms with Crippen molar-refractivity contribution >= 4 is 11.5 Å². The van der Waals surface area contributed by atoms with Gasteiger partial charge in [0, 0.05) is 6.08 Å². The number of ether oxygens (including phenoxy) is 2. The van der Waals surface area contributed by atoms with Crippen LogP contribution in [-0.2, 0) is 9.53 Å². The summed E-state index contributed by atoms with van der Waals surface area (Å²) in [5.41, 5.74) is 4.00. The van der Waals surface area contributed by atoms with Gasteiger partial charge in [-0.05, 0) is 47.4 Å². The molecule has 0 saturated carbocycles. The summed E-state index contributed by atoms with van der Waals surface area (Å²) >= 11 is 0. The van der Waals surface area contributed by atoms with E-state index in [4.69, 9.17) is 4.74 Å². The lowest BCUT2D eigenvalue weighted by molar-refractivity contribution is -0.134. The van der Waals surface area contributed by atoms with E-state index in [9.17, 15) is 4.79 Å². The summed E-state index contributed by atoms with van der Waals surface area (Å²) in [6, 6.07) is 15.9. The molecule has 0 N–H and O–H groups in total. The van der Waals surface area contributed by atoms with Crippen molar-refractivity contribution in [1.82, 2.24) is 0 Å². The zero-order valence-electron chi connectivity index (χ0n) is 12.4. The van der Waals surface area contributed by atoms with Gasteiger partial charge >= 0.3 is 5.97 Å². The van der Waals surface area contributed by atoms with Gasteiger partial charge in [-0.1, -0.05) is 30.3 Å². The maximum atomic E-state index is 11.3. The molecule has 0 radical (unpaired) electrons. The molecule has 0 aromatic heterocycles. The van der Waals surface area contributed by atoms with Crippen molar-refractivity contribution < 1.29 is 14.3 Å². The first-order valence-electron chi connectivity index (χ1n) is 6.65. The molecule has 0 aliphatic heterocycles. The molecular weight excluding hydrogens is 264 g/mol. The molecule has 2 aromatic carbocycles. The Morgan fingerprint density at radius 2 is 1.67 bits per heavy atom. The van der Waals surface area contributed by atoms with Gasteiger partial charge < -0.3 is 9.47 Å². The van der Waals surface area contributed by atoms with Gasteiger partial charge in [0.25, 0.3) is 0 Å². The third-order valence-corrected chi connectivity index (χ3v) is 3.26. The van der Waals surface area contributed by atoms with E-state index < -0.39 is 0 Å². The average Bonchev–Trinajstić information content (AvgIpc) is 2.54. The van der Waals surface area contributed by atoms with E-state index >= 15 is 0 Å². The van der Waals surface area contributed by atoms with E-state index in [1.54, 1.807) is 7.11 Å². The highest BCUT2D eigenvalue weighted by Crippen LogP contribution is 2.26. The van der Waals surface area contributed by atoms with Crippen LogP contribution in [0.2, 0.25) is 0 Å².